The van der Waals surface area contributed by atoms with E-state index >= 15 is 0 Å². The van der Waals surface area contributed by atoms with Crippen molar-refractivity contribution in [1.82, 2.24) is 9.78 Å². The molecule has 3 aromatic rings. The smallest absolute Gasteiger partial charge is 0.267 e. The summed E-state index contributed by atoms with van der Waals surface area (Å²) in [5, 5.41) is 6.44. The van der Waals surface area contributed by atoms with Gasteiger partial charge in [0.2, 0.25) is 0 Å². The van der Waals surface area contributed by atoms with Crippen molar-refractivity contribution < 1.29 is 0 Å². The molecule has 0 spiro atoms. The maximum absolute atomic E-state index is 12.4. The summed E-state index contributed by atoms with van der Waals surface area (Å²) < 4.78 is 1.28. The predicted octanol–water partition coefficient (Wildman–Crippen LogP) is 3.87. The van der Waals surface area contributed by atoms with E-state index in [1.165, 1.54) is 4.68 Å². The Hall–Kier alpha value is -2.13. The van der Waals surface area contributed by atoms with Crippen LogP contribution >= 0.6 is 11.6 Å². The average Bonchev–Trinajstić information content (AvgIpc) is 2.43. The molecule has 3 nitrogen and oxygen atoms in total. The Kier molecular flexibility index (Phi) is 3.30. The van der Waals surface area contributed by atoms with Gasteiger partial charge in [0.05, 0.1) is 5.56 Å². The zero-order chi connectivity index (χ0) is 15.1. The van der Waals surface area contributed by atoms with Crippen molar-refractivity contribution in [2.45, 2.75) is 13.8 Å². The summed E-state index contributed by atoms with van der Waals surface area (Å²) in [5.74, 6) is 0. The van der Waals surface area contributed by atoms with Gasteiger partial charge in [0.15, 0.2) is 0 Å². The summed E-state index contributed by atoms with van der Waals surface area (Å²) in [6, 6.07) is 12.0. The van der Waals surface area contributed by atoms with Crippen molar-refractivity contribution in [3.63, 3.8) is 0 Å². The molecule has 0 aliphatic heterocycles. The van der Waals surface area contributed by atoms with Gasteiger partial charge in [0, 0.05) is 7.05 Å². The van der Waals surface area contributed by atoms with Gasteiger partial charge in [-0.2, -0.15) is 5.10 Å². The standard InChI is InChI=1S/C17H15ClN2O/c1-10-4-6-12-7-5-11(2)16(13(12)8-10)14-9-15(18)19-20(3)17(14)21/h4-9H,1-3H3. The third-order valence-electron chi connectivity index (χ3n) is 3.69. The van der Waals surface area contributed by atoms with Crippen molar-refractivity contribution in [2.75, 3.05) is 0 Å². The first-order chi connectivity index (χ1) is 9.97. The number of fused-ring (bicyclic) bond motifs is 1. The van der Waals surface area contributed by atoms with Crippen LogP contribution in [0.2, 0.25) is 5.15 Å². The highest BCUT2D eigenvalue weighted by Crippen LogP contribution is 2.31. The zero-order valence-electron chi connectivity index (χ0n) is 12.1. The number of aryl methyl sites for hydroxylation is 3. The summed E-state index contributed by atoms with van der Waals surface area (Å²) >= 11 is 6.04. The minimum Gasteiger partial charge on any atom is -0.267 e. The van der Waals surface area contributed by atoms with Gasteiger partial charge in [0.1, 0.15) is 5.15 Å². The average molecular weight is 299 g/mol. The van der Waals surface area contributed by atoms with Crippen LogP contribution in [-0.2, 0) is 7.05 Å². The van der Waals surface area contributed by atoms with Gasteiger partial charge in [-0.15, -0.1) is 0 Å². The Labute approximate surface area is 127 Å². The molecule has 2 aromatic carbocycles. The lowest BCUT2D eigenvalue weighted by Gasteiger charge is -2.12. The highest BCUT2D eigenvalue weighted by molar-refractivity contribution is 6.29. The van der Waals surface area contributed by atoms with E-state index in [-0.39, 0.29) is 5.56 Å². The first-order valence-corrected chi connectivity index (χ1v) is 7.09. The minimum absolute atomic E-state index is 0.142. The second-order valence-electron chi connectivity index (χ2n) is 5.29. The molecule has 0 fully saturated rings. The molecular weight excluding hydrogens is 284 g/mol. The van der Waals surface area contributed by atoms with Crippen LogP contribution in [0, 0.1) is 13.8 Å². The van der Waals surface area contributed by atoms with E-state index in [9.17, 15) is 4.79 Å². The summed E-state index contributed by atoms with van der Waals surface area (Å²) in [7, 11) is 1.61. The van der Waals surface area contributed by atoms with Crippen molar-refractivity contribution >= 4 is 22.4 Å². The van der Waals surface area contributed by atoms with Crippen molar-refractivity contribution in [3.8, 4) is 11.1 Å². The van der Waals surface area contributed by atoms with Crippen molar-refractivity contribution in [2.24, 2.45) is 7.05 Å². The number of aromatic nitrogens is 2. The fraction of sp³-hybridized carbons (Fsp3) is 0.176. The van der Waals surface area contributed by atoms with Crippen LogP contribution in [0.3, 0.4) is 0 Å². The highest BCUT2D eigenvalue weighted by Gasteiger charge is 2.13. The van der Waals surface area contributed by atoms with Crippen LogP contribution in [0.4, 0.5) is 0 Å². The maximum atomic E-state index is 12.4. The lowest BCUT2D eigenvalue weighted by Crippen LogP contribution is -2.21. The fourth-order valence-corrected chi connectivity index (χ4v) is 2.87. The van der Waals surface area contributed by atoms with Gasteiger partial charge in [-0.3, -0.25) is 4.79 Å². The maximum Gasteiger partial charge on any atom is 0.274 e. The van der Waals surface area contributed by atoms with Gasteiger partial charge in [-0.1, -0.05) is 47.5 Å². The van der Waals surface area contributed by atoms with Crippen LogP contribution in [0.5, 0.6) is 0 Å². The van der Waals surface area contributed by atoms with Crippen LogP contribution in [0.1, 0.15) is 11.1 Å². The molecule has 0 aliphatic rings. The third kappa shape index (κ3) is 2.34. The number of hydrogen-bond acceptors (Lipinski definition) is 2. The molecule has 0 saturated heterocycles. The zero-order valence-corrected chi connectivity index (χ0v) is 12.9. The number of halogens is 1. The molecule has 0 amide bonds. The summed E-state index contributed by atoms with van der Waals surface area (Å²) in [6.45, 7) is 4.05. The molecule has 0 saturated carbocycles. The predicted molar refractivity (Wildman–Crippen MR) is 86.9 cm³/mol. The first-order valence-electron chi connectivity index (χ1n) is 6.71. The summed E-state index contributed by atoms with van der Waals surface area (Å²) in [4.78, 5) is 12.4. The summed E-state index contributed by atoms with van der Waals surface area (Å²) in [5.41, 5.74) is 3.59. The van der Waals surface area contributed by atoms with Crippen LogP contribution in [-0.4, -0.2) is 9.78 Å². The molecular formula is C17H15ClN2O. The van der Waals surface area contributed by atoms with Gasteiger partial charge in [0.25, 0.3) is 5.56 Å². The van der Waals surface area contributed by atoms with Crippen molar-refractivity contribution in [1.29, 1.82) is 0 Å². The molecule has 0 aliphatic carbocycles. The Morgan fingerprint density at radius 2 is 1.81 bits per heavy atom. The Bertz CT molecular complexity index is 907. The van der Waals surface area contributed by atoms with E-state index in [4.69, 9.17) is 11.6 Å². The molecule has 0 radical (unpaired) electrons. The number of rotatable bonds is 1. The molecule has 21 heavy (non-hydrogen) atoms. The fourth-order valence-electron chi connectivity index (χ4n) is 2.65. The van der Waals surface area contributed by atoms with Crippen LogP contribution < -0.4 is 5.56 Å². The Morgan fingerprint density at radius 3 is 2.57 bits per heavy atom. The topological polar surface area (TPSA) is 34.9 Å². The summed E-state index contributed by atoms with van der Waals surface area (Å²) in [6.07, 6.45) is 0. The van der Waals surface area contributed by atoms with E-state index in [1.807, 2.05) is 19.9 Å². The van der Waals surface area contributed by atoms with Crippen LogP contribution in [0.15, 0.2) is 41.2 Å². The second-order valence-corrected chi connectivity index (χ2v) is 5.68. The molecule has 1 heterocycles. The molecule has 1 aromatic heterocycles. The number of hydrogen-bond donors (Lipinski definition) is 0. The largest absolute Gasteiger partial charge is 0.274 e. The third-order valence-corrected chi connectivity index (χ3v) is 3.87. The van der Waals surface area contributed by atoms with Crippen molar-refractivity contribution in [3.05, 3.63) is 63.0 Å². The van der Waals surface area contributed by atoms with Gasteiger partial charge < -0.3 is 0 Å². The monoisotopic (exact) mass is 298 g/mol. The van der Waals surface area contributed by atoms with E-state index in [2.05, 4.69) is 29.4 Å². The normalized spacial score (nSPS) is 11.0. The lowest BCUT2D eigenvalue weighted by atomic mass is 9.94. The van der Waals surface area contributed by atoms with E-state index in [0.29, 0.717) is 10.7 Å². The highest BCUT2D eigenvalue weighted by atomic mass is 35.5. The lowest BCUT2D eigenvalue weighted by molar-refractivity contribution is 0.710. The Balaban J connectivity index is 2.48. The second kappa shape index (κ2) is 5.01. The van der Waals surface area contributed by atoms with E-state index < -0.39 is 0 Å². The van der Waals surface area contributed by atoms with Crippen LogP contribution in [0.25, 0.3) is 21.9 Å². The van der Waals surface area contributed by atoms with Gasteiger partial charge in [-0.25, -0.2) is 4.68 Å². The molecule has 0 unspecified atom stereocenters. The molecule has 0 N–H and O–H groups in total. The van der Waals surface area contributed by atoms with E-state index in [1.54, 1.807) is 13.1 Å². The SMILES string of the molecule is Cc1ccc2ccc(C)c(-c3cc(Cl)nn(C)c3=O)c2c1. The molecule has 0 bridgehead atoms. The van der Waals surface area contributed by atoms with Gasteiger partial charge >= 0.3 is 0 Å². The van der Waals surface area contributed by atoms with Gasteiger partial charge in [-0.05, 0) is 41.8 Å². The number of benzene rings is 2. The Morgan fingerprint density at radius 1 is 1.10 bits per heavy atom. The quantitative estimate of drug-likeness (QED) is 0.683. The van der Waals surface area contributed by atoms with E-state index in [0.717, 1.165) is 27.5 Å². The number of nitrogens with zero attached hydrogens (tertiary/aromatic N) is 2. The first kappa shape index (κ1) is 13.8. The molecule has 0 atom stereocenters. The molecule has 4 heteroatoms. The minimum atomic E-state index is -0.142. The molecule has 3 rings (SSSR count). The molecule has 106 valence electrons.